The summed E-state index contributed by atoms with van der Waals surface area (Å²) in [7, 11) is 0. The lowest BCUT2D eigenvalue weighted by atomic mass is 9.65. The zero-order valence-corrected chi connectivity index (χ0v) is 13.7. The molecule has 3 fully saturated rings. The van der Waals surface area contributed by atoms with Gasteiger partial charge in [-0.3, -0.25) is 4.90 Å². The van der Waals surface area contributed by atoms with Crippen LogP contribution in [0.2, 0.25) is 0 Å². The molecule has 0 aromatic heterocycles. The van der Waals surface area contributed by atoms with Crippen LogP contribution in [-0.4, -0.2) is 29.6 Å². The van der Waals surface area contributed by atoms with Crippen LogP contribution in [-0.2, 0) is 0 Å². The van der Waals surface area contributed by atoms with E-state index < -0.39 is 0 Å². The Morgan fingerprint density at radius 2 is 1.60 bits per heavy atom. The zero-order valence-electron chi connectivity index (χ0n) is 13.7. The Morgan fingerprint density at radius 1 is 1.00 bits per heavy atom. The van der Waals surface area contributed by atoms with Crippen molar-refractivity contribution in [3.05, 3.63) is 0 Å². The van der Waals surface area contributed by atoms with Gasteiger partial charge in [-0.05, 0) is 62.7 Å². The largest absolute Gasteiger partial charge is 0.329 e. The third-order valence-corrected chi connectivity index (χ3v) is 6.44. The number of hydrogen-bond donors (Lipinski definition) is 1. The Balaban J connectivity index is 1.70. The Morgan fingerprint density at radius 3 is 2.05 bits per heavy atom. The summed E-state index contributed by atoms with van der Waals surface area (Å²) in [5, 5.41) is 0. The molecule has 0 saturated heterocycles. The number of nitrogens with two attached hydrogens (primary N) is 1. The van der Waals surface area contributed by atoms with Crippen LogP contribution in [0, 0.1) is 11.3 Å². The maximum absolute atomic E-state index is 6.33. The standard InChI is InChI=1S/C18H34N2/c1-15(2)13-20(16-5-6-16)18(14-19)11-9-17(10-12-18)7-3-4-8-17/h15-16H,3-14,19H2,1-2H3. The van der Waals surface area contributed by atoms with Gasteiger partial charge in [-0.25, -0.2) is 0 Å². The molecule has 0 bridgehead atoms. The maximum Gasteiger partial charge on any atom is 0.0335 e. The van der Waals surface area contributed by atoms with E-state index in [0.717, 1.165) is 23.9 Å². The zero-order chi connectivity index (χ0) is 14.2. The van der Waals surface area contributed by atoms with Gasteiger partial charge < -0.3 is 5.73 Å². The minimum Gasteiger partial charge on any atom is -0.329 e. The highest BCUT2D eigenvalue weighted by Gasteiger charge is 2.49. The van der Waals surface area contributed by atoms with Gasteiger partial charge in [-0.1, -0.05) is 26.7 Å². The van der Waals surface area contributed by atoms with Crippen molar-refractivity contribution in [3.8, 4) is 0 Å². The lowest BCUT2D eigenvalue weighted by Gasteiger charge is -2.51. The first-order chi connectivity index (χ1) is 9.59. The fourth-order valence-corrected chi connectivity index (χ4v) is 4.99. The van der Waals surface area contributed by atoms with Crippen LogP contribution < -0.4 is 5.73 Å². The summed E-state index contributed by atoms with van der Waals surface area (Å²) in [4.78, 5) is 2.85. The minimum atomic E-state index is 0.347. The van der Waals surface area contributed by atoms with Gasteiger partial charge >= 0.3 is 0 Å². The summed E-state index contributed by atoms with van der Waals surface area (Å²) in [5.74, 6) is 0.765. The highest BCUT2D eigenvalue weighted by atomic mass is 15.3. The van der Waals surface area contributed by atoms with Crippen molar-refractivity contribution < 1.29 is 0 Å². The third kappa shape index (κ3) is 2.78. The van der Waals surface area contributed by atoms with E-state index in [-0.39, 0.29) is 0 Å². The predicted octanol–water partition coefficient (Wildman–Crippen LogP) is 3.94. The molecule has 0 amide bonds. The van der Waals surface area contributed by atoms with Crippen LogP contribution >= 0.6 is 0 Å². The number of hydrogen-bond acceptors (Lipinski definition) is 2. The van der Waals surface area contributed by atoms with Gasteiger partial charge in [0.05, 0.1) is 0 Å². The first-order valence-corrected chi connectivity index (χ1v) is 9.06. The molecule has 0 atom stereocenters. The Labute approximate surface area is 125 Å². The molecular weight excluding hydrogens is 244 g/mol. The summed E-state index contributed by atoms with van der Waals surface area (Å²) in [6, 6.07) is 0.860. The van der Waals surface area contributed by atoms with E-state index in [1.54, 1.807) is 0 Å². The molecule has 2 N–H and O–H groups in total. The molecule has 0 aromatic rings. The van der Waals surface area contributed by atoms with Crippen LogP contribution in [0.25, 0.3) is 0 Å². The quantitative estimate of drug-likeness (QED) is 0.825. The van der Waals surface area contributed by atoms with Gasteiger partial charge in [0.25, 0.3) is 0 Å². The lowest BCUT2D eigenvalue weighted by molar-refractivity contribution is 0.00115. The monoisotopic (exact) mass is 278 g/mol. The van der Waals surface area contributed by atoms with Gasteiger partial charge in [0.2, 0.25) is 0 Å². The van der Waals surface area contributed by atoms with Gasteiger partial charge in [0.15, 0.2) is 0 Å². The molecule has 0 radical (unpaired) electrons. The van der Waals surface area contributed by atoms with E-state index in [0.29, 0.717) is 5.54 Å². The van der Waals surface area contributed by atoms with Crippen LogP contribution in [0.4, 0.5) is 0 Å². The van der Waals surface area contributed by atoms with Crippen molar-refractivity contribution in [1.82, 2.24) is 4.90 Å². The van der Waals surface area contributed by atoms with E-state index in [2.05, 4.69) is 18.7 Å². The fourth-order valence-electron chi connectivity index (χ4n) is 4.99. The molecule has 0 aliphatic heterocycles. The Hall–Kier alpha value is -0.0800. The topological polar surface area (TPSA) is 29.3 Å². The molecule has 116 valence electrons. The van der Waals surface area contributed by atoms with Crippen molar-refractivity contribution in [2.24, 2.45) is 17.1 Å². The molecule has 2 heteroatoms. The molecule has 3 saturated carbocycles. The van der Waals surface area contributed by atoms with Crippen molar-refractivity contribution in [2.75, 3.05) is 13.1 Å². The van der Waals surface area contributed by atoms with Gasteiger partial charge in [-0.2, -0.15) is 0 Å². The molecule has 3 aliphatic carbocycles. The Kier molecular flexibility index (Phi) is 4.16. The summed E-state index contributed by atoms with van der Waals surface area (Å²) < 4.78 is 0. The summed E-state index contributed by atoms with van der Waals surface area (Å²) in [6.07, 6.45) is 14.4. The average Bonchev–Trinajstić information content (AvgIpc) is 3.19. The molecule has 0 aromatic carbocycles. The van der Waals surface area contributed by atoms with E-state index in [1.807, 2.05) is 0 Å². The smallest absolute Gasteiger partial charge is 0.0335 e. The van der Waals surface area contributed by atoms with Gasteiger partial charge in [0, 0.05) is 24.7 Å². The molecule has 0 unspecified atom stereocenters. The highest BCUT2D eigenvalue weighted by molar-refractivity contribution is 5.05. The Bertz CT molecular complexity index is 316. The second-order valence-corrected chi connectivity index (χ2v) is 8.41. The average molecular weight is 278 g/mol. The number of nitrogens with zero attached hydrogens (tertiary/aromatic N) is 1. The van der Waals surface area contributed by atoms with Crippen molar-refractivity contribution >= 4 is 0 Å². The lowest BCUT2D eigenvalue weighted by Crippen LogP contribution is -2.58. The first-order valence-electron chi connectivity index (χ1n) is 9.06. The maximum atomic E-state index is 6.33. The van der Waals surface area contributed by atoms with Crippen LogP contribution in [0.5, 0.6) is 0 Å². The van der Waals surface area contributed by atoms with Crippen molar-refractivity contribution in [3.63, 3.8) is 0 Å². The first kappa shape index (κ1) is 14.8. The van der Waals surface area contributed by atoms with E-state index in [4.69, 9.17) is 5.73 Å². The van der Waals surface area contributed by atoms with E-state index in [1.165, 1.54) is 70.8 Å². The van der Waals surface area contributed by atoms with E-state index >= 15 is 0 Å². The third-order valence-electron chi connectivity index (χ3n) is 6.44. The fraction of sp³-hybridized carbons (Fsp3) is 1.00. The summed E-state index contributed by atoms with van der Waals surface area (Å²) >= 11 is 0. The predicted molar refractivity (Wildman–Crippen MR) is 85.7 cm³/mol. The molecule has 20 heavy (non-hydrogen) atoms. The van der Waals surface area contributed by atoms with Gasteiger partial charge in [0.1, 0.15) is 0 Å². The van der Waals surface area contributed by atoms with Gasteiger partial charge in [-0.15, -0.1) is 0 Å². The SMILES string of the molecule is CC(C)CN(C1CC1)C1(CN)CCC2(CCCC2)CC1. The van der Waals surface area contributed by atoms with Crippen LogP contribution in [0.1, 0.15) is 78.1 Å². The molecule has 0 heterocycles. The summed E-state index contributed by atoms with van der Waals surface area (Å²) in [6.45, 7) is 6.86. The molecule has 1 spiro atoms. The number of rotatable bonds is 5. The van der Waals surface area contributed by atoms with Crippen LogP contribution in [0.3, 0.4) is 0 Å². The minimum absolute atomic E-state index is 0.347. The van der Waals surface area contributed by atoms with E-state index in [9.17, 15) is 0 Å². The molecular formula is C18H34N2. The normalized spacial score (nSPS) is 28.6. The molecule has 2 nitrogen and oxygen atoms in total. The second kappa shape index (κ2) is 5.61. The summed E-state index contributed by atoms with van der Waals surface area (Å²) in [5.41, 5.74) is 7.40. The van der Waals surface area contributed by atoms with Crippen molar-refractivity contribution in [1.29, 1.82) is 0 Å². The highest BCUT2D eigenvalue weighted by Crippen LogP contribution is 2.53. The van der Waals surface area contributed by atoms with Crippen LogP contribution in [0.15, 0.2) is 0 Å². The second-order valence-electron chi connectivity index (χ2n) is 8.41. The van der Waals surface area contributed by atoms with Crippen molar-refractivity contribution in [2.45, 2.75) is 89.6 Å². The molecule has 3 aliphatic rings. The molecule has 3 rings (SSSR count).